The third-order valence-corrected chi connectivity index (χ3v) is 1.91. The summed E-state index contributed by atoms with van der Waals surface area (Å²) in [6, 6.07) is 0. The van der Waals surface area contributed by atoms with Crippen molar-refractivity contribution in [2.24, 2.45) is 0 Å². The molecule has 0 amide bonds. The number of aromatic carboxylic acids is 1. The Morgan fingerprint density at radius 3 is 2.73 bits per heavy atom. The topological polar surface area (TPSA) is 91.8 Å². The molecule has 0 aromatic carbocycles. The predicted octanol–water partition coefficient (Wildman–Crippen LogP) is 0.873. The van der Waals surface area contributed by atoms with Gasteiger partial charge in [0.1, 0.15) is 11.3 Å². The van der Waals surface area contributed by atoms with E-state index in [-0.39, 0.29) is 5.56 Å². The molecule has 0 atom stereocenters. The van der Waals surface area contributed by atoms with Gasteiger partial charge in [0.05, 0.1) is 23.8 Å². The van der Waals surface area contributed by atoms with Crippen LogP contribution in [0.15, 0.2) is 18.6 Å². The van der Waals surface area contributed by atoms with Crippen LogP contribution in [0.25, 0.3) is 11.4 Å². The van der Waals surface area contributed by atoms with E-state index in [0.29, 0.717) is 11.4 Å². The Kier molecular flexibility index (Phi) is 2.17. The highest BCUT2D eigenvalue weighted by molar-refractivity contribution is 5.93. The Bertz CT molecular complexity index is 489. The van der Waals surface area contributed by atoms with Crippen LogP contribution in [-0.2, 0) is 0 Å². The van der Waals surface area contributed by atoms with Gasteiger partial charge in [-0.1, -0.05) is 0 Å². The third kappa shape index (κ3) is 1.69. The highest BCUT2D eigenvalue weighted by Crippen LogP contribution is 2.17. The quantitative estimate of drug-likeness (QED) is 0.757. The molecule has 0 aliphatic carbocycles. The minimum atomic E-state index is -1.04. The number of aryl methyl sites for hydroxylation is 1. The Morgan fingerprint density at radius 2 is 2.13 bits per heavy atom. The molecule has 0 spiro atoms. The van der Waals surface area contributed by atoms with Crippen LogP contribution in [0, 0.1) is 6.92 Å². The van der Waals surface area contributed by atoms with Crippen LogP contribution in [0.5, 0.6) is 0 Å². The molecule has 0 bridgehead atoms. The summed E-state index contributed by atoms with van der Waals surface area (Å²) in [5.41, 5.74) is 1.70. The molecule has 6 nitrogen and oxygen atoms in total. The van der Waals surface area contributed by atoms with Crippen LogP contribution in [0.4, 0.5) is 0 Å². The van der Waals surface area contributed by atoms with Gasteiger partial charge in [0.15, 0.2) is 0 Å². The van der Waals surface area contributed by atoms with Crippen molar-refractivity contribution in [3.63, 3.8) is 0 Å². The minimum absolute atomic E-state index is 0.0909. The molecule has 2 rings (SSSR count). The minimum Gasteiger partial charge on any atom is -0.478 e. The summed E-state index contributed by atoms with van der Waals surface area (Å²) in [5, 5.41) is 15.1. The van der Waals surface area contributed by atoms with E-state index in [1.165, 1.54) is 12.4 Å². The Labute approximate surface area is 85.0 Å². The summed E-state index contributed by atoms with van der Waals surface area (Å²) in [7, 11) is 0. The van der Waals surface area contributed by atoms with Crippen molar-refractivity contribution >= 4 is 5.97 Å². The molecule has 6 heteroatoms. The molecule has 2 N–H and O–H groups in total. The maximum absolute atomic E-state index is 10.8. The zero-order valence-corrected chi connectivity index (χ0v) is 7.93. The standard InChI is InChI=1S/C9H8N4O2/c1-5-2-11-7(4-10-5)8-6(9(14)15)3-12-13-8/h2-4H,1H3,(H,12,13)(H,14,15). The summed E-state index contributed by atoms with van der Waals surface area (Å²) in [5.74, 6) is -1.04. The molecule has 0 saturated heterocycles. The molecule has 0 aliphatic rings. The maximum Gasteiger partial charge on any atom is 0.339 e. The fourth-order valence-electron chi connectivity index (χ4n) is 1.17. The van der Waals surface area contributed by atoms with Crippen LogP contribution >= 0.6 is 0 Å². The van der Waals surface area contributed by atoms with Crippen LogP contribution in [-0.4, -0.2) is 31.2 Å². The Balaban J connectivity index is 2.49. The fraction of sp³-hybridized carbons (Fsp3) is 0.111. The van der Waals surface area contributed by atoms with E-state index in [0.717, 1.165) is 5.69 Å². The van der Waals surface area contributed by atoms with Crippen molar-refractivity contribution < 1.29 is 9.90 Å². The van der Waals surface area contributed by atoms with Gasteiger partial charge in [-0.05, 0) is 6.92 Å². The SMILES string of the molecule is Cc1cnc(-c2[nH]ncc2C(=O)O)cn1. The van der Waals surface area contributed by atoms with Crippen molar-refractivity contribution in [3.05, 3.63) is 29.8 Å². The molecule has 2 aromatic rings. The third-order valence-electron chi connectivity index (χ3n) is 1.91. The molecular formula is C9H8N4O2. The van der Waals surface area contributed by atoms with Gasteiger partial charge < -0.3 is 5.11 Å². The van der Waals surface area contributed by atoms with Gasteiger partial charge >= 0.3 is 5.97 Å². The number of carbonyl (C=O) groups is 1. The van der Waals surface area contributed by atoms with Gasteiger partial charge in [-0.3, -0.25) is 15.1 Å². The van der Waals surface area contributed by atoms with Gasteiger partial charge in [-0.15, -0.1) is 0 Å². The number of carboxylic acids is 1. The van der Waals surface area contributed by atoms with E-state index in [4.69, 9.17) is 5.11 Å². The number of aromatic amines is 1. The lowest BCUT2D eigenvalue weighted by molar-refractivity contribution is 0.0698. The number of nitrogens with one attached hydrogen (secondary N) is 1. The van der Waals surface area contributed by atoms with Gasteiger partial charge in [0.25, 0.3) is 0 Å². The largest absolute Gasteiger partial charge is 0.478 e. The van der Waals surface area contributed by atoms with Gasteiger partial charge in [0.2, 0.25) is 0 Å². The number of hydrogen-bond acceptors (Lipinski definition) is 4. The number of hydrogen-bond donors (Lipinski definition) is 2. The number of carboxylic acid groups (broad SMARTS) is 1. The number of H-pyrrole nitrogens is 1. The van der Waals surface area contributed by atoms with Crippen molar-refractivity contribution in [2.45, 2.75) is 6.92 Å². The van der Waals surface area contributed by atoms with Crippen molar-refractivity contribution in [2.75, 3.05) is 0 Å². The molecule has 15 heavy (non-hydrogen) atoms. The monoisotopic (exact) mass is 204 g/mol. The first-order chi connectivity index (χ1) is 7.18. The predicted molar refractivity (Wildman–Crippen MR) is 51.3 cm³/mol. The first kappa shape index (κ1) is 9.32. The zero-order valence-electron chi connectivity index (χ0n) is 7.93. The smallest absolute Gasteiger partial charge is 0.339 e. The van der Waals surface area contributed by atoms with E-state index in [1.807, 2.05) is 6.92 Å². The molecule has 76 valence electrons. The first-order valence-corrected chi connectivity index (χ1v) is 4.24. The lowest BCUT2D eigenvalue weighted by atomic mass is 10.2. The first-order valence-electron chi connectivity index (χ1n) is 4.24. The molecule has 0 saturated carbocycles. The normalized spacial score (nSPS) is 10.2. The van der Waals surface area contributed by atoms with Crippen LogP contribution < -0.4 is 0 Å². The number of rotatable bonds is 2. The van der Waals surface area contributed by atoms with Gasteiger partial charge in [0, 0.05) is 6.20 Å². The van der Waals surface area contributed by atoms with Crippen molar-refractivity contribution in [1.82, 2.24) is 20.2 Å². The Hall–Kier alpha value is -2.24. The van der Waals surface area contributed by atoms with E-state index in [1.54, 1.807) is 6.20 Å². The molecule has 2 heterocycles. The second-order valence-electron chi connectivity index (χ2n) is 3.01. The lowest BCUT2D eigenvalue weighted by Crippen LogP contribution is -1.98. The summed E-state index contributed by atoms with van der Waals surface area (Å²) < 4.78 is 0. The molecular weight excluding hydrogens is 196 g/mol. The van der Waals surface area contributed by atoms with Gasteiger partial charge in [-0.25, -0.2) is 4.79 Å². The number of nitrogens with zero attached hydrogens (tertiary/aromatic N) is 3. The molecule has 0 fully saturated rings. The van der Waals surface area contributed by atoms with E-state index in [9.17, 15) is 4.79 Å². The fourth-order valence-corrected chi connectivity index (χ4v) is 1.17. The van der Waals surface area contributed by atoms with Gasteiger partial charge in [-0.2, -0.15) is 5.10 Å². The van der Waals surface area contributed by atoms with E-state index >= 15 is 0 Å². The average Bonchev–Trinajstić information content (AvgIpc) is 2.67. The van der Waals surface area contributed by atoms with Crippen molar-refractivity contribution in [3.8, 4) is 11.4 Å². The highest BCUT2D eigenvalue weighted by atomic mass is 16.4. The lowest BCUT2D eigenvalue weighted by Gasteiger charge is -1.98. The van der Waals surface area contributed by atoms with Crippen LogP contribution in [0.2, 0.25) is 0 Å². The van der Waals surface area contributed by atoms with Crippen LogP contribution in [0.3, 0.4) is 0 Å². The van der Waals surface area contributed by atoms with Crippen molar-refractivity contribution in [1.29, 1.82) is 0 Å². The summed E-state index contributed by atoms with van der Waals surface area (Å²) in [4.78, 5) is 18.9. The molecule has 0 unspecified atom stereocenters. The molecule has 0 radical (unpaired) electrons. The number of aromatic nitrogens is 4. The second kappa shape index (κ2) is 3.49. The highest BCUT2D eigenvalue weighted by Gasteiger charge is 2.14. The summed E-state index contributed by atoms with van der Waals surface area (Å²) in [6.07, 6.45) is 4.33. The Morgan fingerprint density at radius 1 is 1.33 bits per heavy atom. The average molecular weight is 204 g/mol. The summed E-state index contributed by atoms with van der Waals surface area (Å²) in [6.45, 7) is 1.81. The van der Waals surface area contributed by atoms with Crippen LogP contribution in [0.1, 0.15) is 16.1 Å². The summed E-state index contributed by atoms with van der Waals surface area (Å²) >= 11 is 0. The molecule has 2 aromatic heterocycles. The zero-order chi connectivity index (χ0) is 10.8. The maximum atomic E-state index is 10.8. The second-order valence-corrected chi connectivity index (χ2v) is 3.01. The molecule has 0 aliphatic heterocycles. The van der Waals surface area contributed by atoms with E-state index < -0.39 is 5.97 Å². The van der Waals surface area contributed by atoms with E-state index in [2.05, 4.69) is 20.2 Å².